The van der Waals surface area contributed by atoms with Crippen molar-refractivity contribution in [3.63, 3.8) is 0 Å². The molecule has 0 radical (unpaired) electrons. The molecule has 0 unspecified atom stereocenters. The number of nitrogen functional groups attached to an aromatic ring is 1. The average molecular weight is 226 g/mol. The van der Waals surface area contributed by atoms with E-state index in [2.05, 4.69) is 0 Å². The Bertz CT molecular complexity index is 391. The van der Waals surface area contributed by atoms with Crippen LogP contribution in [0.4, 0.5) is 20.2 Å². The second-order valence-electron chi connectivity index (χ2n) is 4.27. The summed E-state index contributed by atoms with van der Waals surface area (Å²) in [4.78, 5) is 1.68. The maximum Gasteiger partial charge on any atom is 0.266 e. The van der Waals surface area contributed by atoms with Gasteiger partial charge in [-0.3, -0.25) is 0 Å². The van der Waals surface area contributed by atoms with E-state index in [9.17, 15) is 8.78 Å². The minimum absolute atomic E-state index is 0.0806. The summed E-state index contributed by atoms with van der Waals surface area (Å²) >= 11 is 0. The first-order valence-electron chi connectivity index (χ1n) is 5.53. The Hall–Kier alpha value is -1.32. The Balaban J connectivity index is 2.27. The van der Waals surface area contributed by atoms with E-state index in [4.69, 9.17) is 5.73 Å². The molecule has 0 aliphatic carbocycles. The number of benzene rings is 1. The lowest BCUT2D eigenvalue weighted by Crippen LogP contribution is -2.25. The third kappa shape index (κ3) is 2.10. The highest BCUT2D eigenvalue weighted by Gasteiger charge is 2.38. The van der Waals surface area contributed by atoms with E-state index in [1.165, 1.54) is 0 Å². The first-order chi connectivity index (χ1) is 7.52. The number of aryl methyl sites for hydroxylation is 1. The summed E-state index contributed by atoms with van der Waals surface area (Å²) in [6, 6.07) is 5.65. The molecular formula is C12H16F2N2. The second kappa shape index (κ2) is 3.92. The summed E-state index contributed by atoms with van der Waals surface area (Å²) in [6.07, 6.45) is 0.806. The standard InChI is InChI=1S/C12H16F2N2/c1-2-9-3-4-10(15)11(7-9)16-6-5-12(13,14)8-16/h3-4,7H,2,5-6,8,15H2,1H3. The number of nitrogens with zero attached hydrogens (tertiary/aromatic N) is 1. The number of anilines is 2. The van der Waals surface area contributed by atoms with Crippen LogP contribution >= 0.6 is 0 Å². The summed E-state index contributed by atoms with van der Waals surface area (Å²) in [7, 11) is 0. The van der Waals surface area contributed by atoms with E-state index in [0.717, 1.165) is 17.7 Å². The van der Waals surface area contributed by atoms with E-state index in [1.54, 1.807) is 11.0 Å². The summed E-state index contributed by atoms with van der Waals surface area (Å²) in [5.41, 5.74) is 8.28. The van der Waals surface area contributed by atoms with Crippen LogP contribution in [0.2, 0.25) is 0 Å². The minimum atomic E-state index is -2.57. The number of nitrogens with two attached hydrogens (primary N) is 1. The maximum atomic E-state index is 13.1. The van der Waals surface area contributed by atoms with Gasteiger partial charge in [0, 0.05) is 13.0 Å². The van der Waals surface area contributed by atoms with Crippen LogP contribution in [0.1, 0.15) is 18.9 Å². The fourth-order valence-corrected chi connectivity index (χ4v) is 2.02. The molecule has 88 valence electrons. The van der Waals surface area contributed by atoms with Gasteiger partial charge in [-0.2, -0.15) is 0 Å². The summed E-state index contributed by atoms with van der Waals surface area (Å²) in [6.45, 7) is 2.20. The molecule has 0 atom stereocenters. The van der Waals surface area contributed by atoms with Crippen LogP contribution in [-0.2, 0) is 6.42 Å². The lowest BCUT2D eigenvalue weighted by Gasteiger charge is -2.20. The van der Waals surface area contributed by atoms with Crippen LogP contribution < -0.4 is 10.6 Å². The molecule has 1 aromatic carbocycles. The van der Waals surface area contributed by atoms with Crippen LogP contribution in [0.5, 0.6) is 0 Å². The van der Waals surface area contributed by atoms with Crippen molar-refractivity contribution in [3.05, 3.63) is 23.8 Å². The van der Waals surface area contributed by atoms with E-state index < -0.39 is 5.92 Å². The van der Waals surface area contributed by atoms with Crippen molar-refractivity contribution in [2.24, 2.45) is 0 Å². The van der Waals surface area contributed by atoms with Crippen molar-refractivity contribution in [3.8, 4) is 0 Å². The van der Waals surface area contributed by atoms with Crippen LogP contribution in [0.15, 0.2) is 18.2 Å². The Morgan fingerprint density at radius 3 is 2.75 bits per heavy atom. The Kier molecular flexibility index (Phi) is 2.74. The molecule has 0 amide bonds. The monoisotopic (exact) mass is 226 g/mol. The predicted octanol–water partition coefficient (Wildman–Crippen LogP) is 2.68. The van der Waals surface area contributed by atoms with Gasteiger partial charge in [0.2, 0.25) is 0 Å². The number of alkyl halides is 2. The smallest absolute Gasteiger partial charge is 0.266 e. The van der Waals surface area contributed by atoms with E-state index in [0.29, 0.717) is 12.2 Å². The zero-order valence-corrected chi connectivity index (χ0v) is 9.34. The number of hydrogen-bond acceptors (Lipinski definition) is 2. The fraction of sp³-hybridized carbons (Fsp3) is 0.500. The molecule has 1 heterocycles. The molecule has 2 nitrogen and oxygen atoms in total. The molecular weight excluding hydrogens is 210 g/mol. The molecule has 1 fully saturated rings. The fourth-order valence-electron chi connectivity index (χ4n) is 2.02. The van der Waals surface area contributed by atoms with Gasteiger partial charge < -0.3 is 10.6 Å². The highest BCUT2D eigenvalue weighted by atomic mass is 19.3. The normalized spacial score (nSPS) is 19.1. The van der Waals surface area contributed by atoms with Crippen LogP contribution in [-0.4, -0.2) is 19.0 Å². The maximum absolute atomic E-state index is 13.1. The highest BCUT2D eigenvalue weighted by Crippen LogP contribution is 2.34. The van der Waals surface area contributed by atoms with Crippen molar-refractivity contribution in [1.29, 1.82) is 0 Å². The molecule has 0 spiro atoms. The largest absolute Gasteiger partial charge is 0.397 e. The Labute approximate surface area is 94.0 Å². The van der Waals surface area contributed by atoms with Gasteiger partial charge in [0.05, 0.1) is 17.9 Å². The van der Waals surface area contributed by atoms with Gasteiger partial charge in [0.1, 0.15) is 0 Å². The van der Waals surface area contributed by atoms with E-state index in [1.807, 2.05) is 19.1 Å². The molecule has 0 bridgehead atoms. The SMILES string of the molecule is CCc1ccc(N)c(N2CCC(F)(F)C2)c1. The van der Waals surface area contributed by atoms with Crippen LogP contribution in [0.25, 0.3) is 0 Å². The first kappa shape index (κ1) is 11.2. The van der Waals surface area contributed by atoms with Gasteiger partial charge in [-0.25, -0.2) is 8.78 Å². The molecule has 0 saturated carbocycles. The molecule has 16 heavy (non-hydrogen) atoms. The summed E-state index contributed by atoms with van der Waals surface area (Å²) < 4.78 is 26.2. The van der Waals surface area contributed by atoms with Crippen molar-refractivity contribution in [2.45, 2.75) is 25.7 Å². The molecule has 2 N–H and O–H groups in total. The van der Waals surface area contributed by atoms with Gasteiger partial charge in [-0.1, -0.05) is 13.0 Å². The van der Waals surface area contributed by atoms with Crippen molar-refractivity contribution in [1.82, 2.24) is 0 Å². The van der Waals surface area contributed by atoms with Crippen molar-refractivity contribution >= 4 is 11.4 Å². The lowest BCUT2D eigenvalue weighted by atomic mass is 10.1. The van der Waals surface area contributed by atoms with Crippen LogP contribution in [0.3, 0.4) is 0 Å². The van der Waals surface area contributed by atoms with E-state index >= 15 is 0 Å². The quantitative estimate of drug-likeness (QED) is 0.785. The third-order valence-electron chi connectivity index (χ3n) is 3.01. The van der Waals surface area contributed by atoms with Gasteiger partial charge >= 0.3 is 0 Å². The molecule has 1 saturated heterocycles. The first-order valence-corrected chi connectivity index (χ1v) is 5.53. The second-order valence-corrected chi connectivity index (χ2v) is 4.27. The van der Waals surface area contributed by atoms with Gasteiger partial charge in [0.15, 0.2) is 0 Å². The van der Waals surface area contributed by atoms with Crippen molar-refractivity contribution in [2.75, 3.05) is 23.7 Å². The lowest BCUT2D eigenvalue weighted by molar-refractivity contribution is 0.0257. The molecule has 2 rings (SSSR count). The average Bonchev–Trinajstić information content (AvgIpc) is 2.59. The molecule has 0 aromatic heterocycles. The summed E-state index contributed by atoms with van der Waals surface area (Å²) in [5, 5.41) is 0. The highest BCUT2D eigenvalue weighted by molar-refractivity contribution is 5.69. The molecule has 1 aliphatic rings. The molecule has 1 aromatic rings. The van der Waals surface area contributed by atoms with Gasteiger partial charge in [-0.15, -0.1) is 0 Å². The Morgan fingerprint density at radius 1 is 1.44 bits per heavy atom. The summed E-state index contributed by atoms with van der Waals surface area (Å²) in [5.74, 6) is -2.57. The van der Waals surface area contributed by atoms with Gasteiger partial charge in [-0.05, 0) is 24.1 Å². The van der Waals surface area contributed by atoms with Gasteiger partial charge in [0.25, 0.3) is 5.92 Å². The predicted molar refractivity (Wildman–Crippen MR) is 62.0 cm³/mol. The number of rotatable bonds is 2. The van der Waals surface area contributed by atoms with Crippen LogP contribution in [0, 0.1) is 0 Å². The zero-order chi connectivity index (χ0) is 11.8. The molecule has 4 heteroatoms. The van der Waals surface area contributed by atoms with Crippen molar-refractivity contribution < 1.29 is 8.78 Å². The topological polar surface area (TPSA) is 29.3 Å². The third-order valence-corrected chi connectivity index (χ3v) is 3.01. The minimum Gasteiger partial charge on any atom is -0.397 e. The Morgan fingerprint density at radius 2 is 2.19 bits per heavy atom. The zero-order valence-electron chi connectivity index (χ0n) is 9.34. The number of hydrogen-bond donors (Lipinski definition) is 1. The number of halogens is 2. The molecule has 1 aliphatic heterocycles. The van der Waals surface area contributed by atoms with E-state index in [-0.39, 0.29) is 13.0 Å².